The van der Waals surface area contributed by atoms with E-state index in [0.717, 1.165) is 19.3 Å². The first kappa shape index (κ1) is 21.6. The quantitative estimate of drug-likeness (QED) is 0.109. The third-order valence-electron chi connectivity index (χ3n) is 4.15. The number of carbonyl (C=O) groups is 1. The van der Waals surface area contributed by atoms with Crippen molar-refractivity contribution < 1.29 is 24.8 Å². The molecule has 142 valence electrons. The SMILES string of the molecule is CCCCCC1OC1CC(C=CC=CCC=CCCCC(=O)O)OO. The molecule has 0 amide bonds. The largest absolute Gasteiger partial charge is 0.481 e. The first-order chi connectivity index (χ1) is 12.2. The Balaban J connectivity index is 2.10. The van der Waals surface area contributed by atoms with E-state index in [9.17, 15) is 4.79 Å². The number of hydrogen-bond acceptors (Lipinski definition) is 4. The molecule has 1 rings (SSSR count). The molecule has 0 aromatic heterocycles. The van der Waals surface area contributed by atoms with Crippen LogP contribution in [0.2, 0.25) is 0 Å². The summed E-state index contributed by atoms with van der Waals surface area (Å²) in [6.07, 6.45) is 19.8. The van der Waals surface area contributed by atoms with E-state index >= 15 is 0 Å². The monoisotopic (exact) mass is 352 g/mol. The van der Waals surface area contributed by atoms with E-state index < -0.39 is 5.97 Å². The van der Waals surface area contributed by atoms with Crippen LogP contribution in [0, 0.1) is 0 Å². The topological polar surface area (TPSA) is 79.3 Å². The van der Waals surface area contributed by atoms with E-state index in [-0.39, 0.29) is 18.6 Å². The maximum atomic E-state index is 10.4. The maximum absolute atomic E-state index is 10.4. The Morgan fingerprint density at radius 1 is 1.16 bits per heavy atom. The summed E-state index contributed by atoms with van der Waals surface area (Å²) in [6.45, 7) is 2.19. The number of carboxylic acids is 1. The van der Waals surface area contributed by atoms with Crippen molar-refractivity contribution in [2.75, 3.05) is 0 Å². The second kappa shape index (κ2) is 13.8. The first-order valence-corrected chi connectivity index (χ1v) is 9.33. The molecule has 1 aliphatic heterocycles. The zero-order valence-corrected chi connectivity index (χ0v) is 15.2. The number of rotatable bonds is 15. The Bertz CT molecular complexity index is 441. The summed E-state index contributed by atoms with van der Waals surface area (Å²) in [5, 5.41) is 17.5. The van der Waals surface area contributed by atoms with Gasteiger partial charge in [0.15, 0.2) is 0 Å². The molecule has 0 aromatic carbocycles. The minimum absolute atomic E-state index is 0.205. The van der Waals surface area contributed by atoms with Crippen molar-refractivity contribution in [1.82, 2.24) is 0 Å². The molecule has 1 fully saturated rings. The molecule has 1 saturated heterocycles. The van der Waals surface area contributed by atoms with Gasteiger partial charge in [0.1, 0.15) is 6.10 Å². The fourth-order valence-corrected chi connectivity index (χ4v) is 2.63. The van der Waals surface area contributed by atoms with Crippen LogP contribution >= 0.6 is 0 Å². The molecule has 0 saturated carbocycles. The molecule has 0 spiro atoms. The fraction of sp³-hybridized carbons (Fsp3) is 0.650. The number of hydrogen-bond donors (Lipinski definition) is 2. The van der Waals surface area contributed by atoms with Gasteiger partial charge in [0, 0.05) is 12.8 Å². The van der Waals surface area contributed by atoms with Gasteiger partial charge in [-0.05, 0) is 25.7 Å². The van der Waals surface area contributed by atoms with Crippen molar-refractivity contribution >= 4 is 5.97 Å². The number of ether oxygens (including phenoxy) is 1. The molecule has 0 radical (unpaired) electrons. The van der Waals surface area contributed by atoms with E-state index in [0.29, 0.717) is 18.9 Å². The lowest BCUT2D eigenvalue weighted by Crippen LogP contribution is -2.11. The number of carboxylic acid groups (broad SMARTS) is 1. The van der Waals surface area contributed by atoms with Crippen LogP contribution in [0.1, 0.15) is 64.7 Å². The van der Waals surface area contributed by atoms with Gasteiger partial charge in [0.05, 0.1) is 12.2 Å². The molecular weight excluding hydrogens is 320 g/mol. The van der Waals surface area contributed by atoms with Gasteiger partial charge < -0.3 is 9.84 Å². The summed E-state index contributed by atoms with van der Waals surface area (Å²) in [6, 6.07) is 0. The predicted molar refractivity (Wildman–Crippen MR) is 98.4 cm³/mol. The Kier molecular flexibility index (Phi) is 11.9. The molecular formula is C20H32O5. The highest BCUT2D eigenvalue weighted by Crippen LogP contribution is 2.31. The van der Waals surface area contributed by atoms with Crippen LogP contribution in [0.15, 0.2) is 36.5 Å². The molecule has 5 nitrogen and oxygen atoms in total. The minimum Gasteiger partial charge on any atom is -0.481 e. The zero-order chi connectivity index (χ0) is 18.3. The average Bonchev–Trinajstić information content (AvgIpc) is 3.33. The fourth-order valence-electron chi connectivity index (χ4n) is 2.63. The maximum Gasteiger partial charge on any atom is 0.303 e. The molecule has 2 N–H and O–H groups in total. The van der Waals surface area contributed by atoms with E-state index in [1.165, 1.54) is 19.3 Å². The van der Waals surface area contributed by atoms with Crippen LogP contribution in [0.4, 0.5) is 0 Å². The van der Waals surface area contributed by atoms with E-state index in [4.69, 9.17) is 15.1 Å². The van der Waals surface area contributed by atoms with Crippen molar-refractivity contribution in [3.8, 4) is 0 Å². The highest BCUT2D eigenvalue weighted by Gasteiger charge is 2.39. The standard InChI is InChI=1S/C20H32O5/c1-2-3-10-14-18-19(24-18)16-17(25-23)13-11-8-6-4-5-7-9-12-15-20(21)22/h5-8,11,13,17-19,23H,2-4,9-10,12,14-16H2,1H3,(H,21,22). The number of unbranched alkanes of at least 4 members (excludes halogenated alkanes) is 3. The molecule has 3 unspecified atom stereocenters. The van der Waals surface area contributed by atoms with Crippen molar-refractivity contribution in [1.29, 1.82) is 0 Å². The van der Waals surface area contributed by atoms with Crippen LogP contribution in [0.3, 0.4) is 0 Å². The average molecular weight is 352 g/mol. The first-order valence-electron chi connectivity index (χ1n) is 9.33. The highest BCUT2D eigenvalue weighted by molar-refractivity contribution is 5.66. The van der Waals surface area contributed by atoms with Gasteiger partial charge in [0.25, 0.3) is 0 Å². The van der Waals surface area contributed by atoms with Gasteiger partial charge in [-0.1, -0.05) is 62.6 Å². The zero-order valence-electron chi connectivity index (χ0n) is 15.2. The normalized spacial score (nSPS) is 21.5. The number of allylic oxidation sites excluding steroid dienone is 5. The van der Waals surface area contributed by atoms with E-state index in [2.05, 4.69) is 11.8 Å². The van der Waals surface area contributed by atoms with Crippen LogP contribution < -0.4 is 0 Å². The second-order valence-electron chi connectivity index (χ2n) is 6.39. The van der Waals surface area contributed by atoms with Crippen LogP contribution in [-0.4, -0.2) is 34.6 Å². The summed E-state index contributed by atoms with van der Waals surface area (Å²) in [5.74, 6) is -0.747. The molecule has 0 aliphatic carbocycles. The van der Waals surface area contributed by atoms with Gasteiger partial charge in [0.2, 0.25) is 0 Å². The highest BCUT2D eigenvalue weighted by atomic mass is 17.1. The van der Waals surface area contributed by atoms with Crippen molar-refractivity contribution in [3.63, 3.8) is 0 Å². The molecule has 0 aromatic rings. The van der Waals surface area contributed by atoms with E-state index in [1.807, 2.05) is 36.5 Å². The Hall–Kier alpha value is -1.43. The van der Waals surface area contributed by atoms with Crippen molar-refractivity contribution in [2.45, 2.75) is 83.0 Å². The smallest absolute Gasteiger partial charge is 0.303 e. The van der Waals surface area contributed by atoms with Gasteiger partial charge in [-0.25, -0.2) is 4.89 Å². The minimum atomic E-state index is -0.747. The third-order valence-corrected chi connectivity index (χ3v) is 4.15. The van der Waals surface area contributed by atoms with Crippen LogP contribution in [0.5, 0.6) is 0 Å². The Labute approximate surface area is 151 Å². The second-order valence-corrected chi connectivity index (χ2v) is 6.39. The lowest BCUT2D eigenvalue weighted by molar-refractivity contribution is -0.267. The lowest BCUT2D eigenvalue weighted by atomic mass is 10.1. The molecule has 5 heteroatoms. The molecule has 0 bridgehead atoms. The van der Waals surface area contributed by atoms with Gasteiger partial charge in [-0.15, -0.1) is 0 Å². The summed E-state index contributed by atoms with van der Waals surface area (Å²) in [5.41, 5.74) is 0. The predicted octanol–water partition coefficient (Wildman–Crippen LogP) is 4.90. The van der Waals surface area contributed by atoms with Crippen LogP contribution in [-0.2, 0) is 14.4 Å². The van der Waals surface area contributed by atoms with Gasteiger partial charge in [-0.2, -0.15) is 0 Å². The number of aliphatic carboxylic acids is 1. The van der Waals surface area contributed by atoms with E-state index in [1.54, 1.807) is 0 Å². The summed E-state index contributed by atoms with van der Waals surface area (Å²) < 4.78 is 5.61. The van der Waals surface area contributed by atoms with Gasteiger partial charge >= 0.3 is 5.97 Å². The molecule has 25 heavy (non-hydrogen) atoms. The Morgan fingerprint density at radius 2 is 2.00 bits per heavy atom. The number of epoxide rings is 1. The van der Waals surface area contributed by atoms with Gasteiger partial charge in [-0.3, -0.25) is 10.1 Å². The summed E-state index contributed by atoms with van der Waals surface area (Å²) in [4.78, 5) is 14.9. The third kappa shape index (κ3) is 11.7. The molecule has 3 atom stereocenters. The van der Waals surface area contributed by atoms with Crippen molar-refractivity contribution in [3.05, 3.63) is 36.5 Å². The van der Waals surface area contributed by atoms with Crippen molar-refractivity contribution in [2.24, 2.45) is 0 Å². The molecule has 1 heterocycles. The van der Waals surface area contributed by atoms with Crippen LogP contribution in [0.25, 0.3) is 0 Å². The Morgan fingerprint density at radius 3 is 2.72 bits per heavy atom. The lowest BCUT2D eigenvalue weighted by Gasteiger charge is -2.05. The summed E-state index contributed by atoms with van der Waals surface area (Å²) in [7, 11) is 0. The molecule has 1 aliphatic rings. The summed E-state index contributed by atoms with van der Waals surface area (Å²) >= 11 is 0.